The Morgan fingerprint density at radius 1 is 1.40 bits per heavy atom. The minimum absolute atomic E-state index is 0.0145. The molecule has 0 radical (unpaired) electrons. The van der Waals surface area contributed by atoms with Gasteiger partial charge in [-0.2, -0.15) is 0 Å². The molecule has 2 N–H and O–H groups in total. The van der Waals surface area contributed by atoms with Gasteiger partial charge in [0, 0.05) is 11.1 Å². The van der Waals surface area contributed by atoms with Gasteiger partial charge in [-0.15, -0.1) is 0 Å². The number of hydrogen-bond acceptors (Lipinski definition) is 1. The fourth-order valence-corrected chi connectivity index (χ4v) is 1.82. The van der Waals surface area contributed by atoms with E-state index in [0.717, 1.165) is 6.42 Å². The summed E-state index contributed by atoms with van der Waals surface area (Å²) in [6, 6.07) is 4.75. The average molecular weight is 230 g/mol. The van der Waals surface area contributed by atoms with Crippen molar-refractivity contribution in [2.75, 3.05) is 0 Å². The van der Waals surface area contributed by atoms with Crippen LogP contribution < -0.4 is 5.73 Å². The van der Waals surface area contributed by atoms with Crippen LogP contribution in [0, 0.1) is 11.7 Å². The summed E-state index contributed by atoms with van der Waals surface area (Å²) in [7, 11) is 0. The topological polar surface area (TPSA) is 26.0 Å². The zero-order valence-corrected chi connectivity index (χ0v) is 9.89. The molecule has 0 aliphatic rings. The maximum absolute atomic E-state index is 13.4. The predicted octanol–water partition coefficient (Wildman–Crippen LogP) is 3.40. The highest BCUT2D eigenvalue weighted by molar-refractivity contribution is 6.30. The molecular weight excluding hydrogens is 213 g/mol. The van der Waals surface area contributed by atoms with Gasteiger partial charge in [-0.3, -0.25) is 0 Å². The summed E-state index contributed by atoms with van der Waals surface area (Å²) in [6.45, 7) is 4.22. The van der Waals surface area contributed by atoms with E-state index >= 15 is 0 Å². The molecule has 1 nitrogen and oxygen atoms in total. The lowest BCUT2D eigenvalue weighted by atomic mass is 9.98. The van der Waals surface area contributed by atoms with Crippen molar-refractivity contribution in [1.29, 1.82) is 0 Å². The third-order valence-electron chi connectivity index (χ3n) is 2.27. The van der Waals surface area contributed by atoms with E-state index in [2.05, 4.69) is 13.8 Å². The summed E-state index contributed by atoms with van der Waals surface area (Å²) in [5, 5.41) is 0.425. The van der Waals surface area contributed by atoms with Gasteiger partial charge in [-0.1, -0.05) is 31.5 Å². The van der Waals surface area contributed by atoms with Crippen LogP contribution in [0.2, 0.25) is 5.02 Å². The third-order valence-corrected chi connectivity index (χ3v) is 2.51. The standard InChI is InChI=1S/C12H17ClFN/c1-8(2)5-11(15)6-9-3-4-10(13)7-12(9)14/h3-4,7-8,11H,5-6,15H2,1-2H3. The second kappa shape index (κ2) is 5.47. The van der Waals surface area contributed by atoms with E-state index in [1.807, 2.05) is 0 Å². The normalized spacial score (nSPS) is 13.2. The van der Waals surface area contributed by atoms with Crippen molar-refractivity contribution in [1.82, 2.24) is 0 Å². The molecule has 0 amide bonds. The summed E-state index contributed by atoms with van der Waals surface area (Å²) in [4.78, 5) is 0. The van der Waals surface area contributed by atoms with Crippen molar-refractivity contribution < 1.29 is 4.39 Å². The Labute approximate surface area is 95.4 Å². The summed E-state index contributed by atoms with van der Waals surface area (Å²) in [6.07, 6.45) is 1.48. The first kappa shape index (κ1) is 12.5. The summed E-state index contributed by atoms with van der Waals surface area (Å²) in [5.41, 5.74) is 6.56. The van der Waals surface area contributed by atoms with Gasteiger partial charge < -0.3 is 5.73 Å². The molecule has 0 aliphatic heterocycles. The molecule has 0 saturated carbocycles. The van der Waals surface area contributed by atoms with E-state index in [0.29, 0.717) is 22.9 Å². The molecule has 0 bridgehead atoms. The summed E-state index contributed by atoms with van der Waals surface area (Å²) in [5.74, 6) is 0.275. The Morgan fingerprint density at radius 3 is 2.60 bits per heavy atom. The monoisotopic (exact) mass is 229 g/mol. The van der Waals surface area contributed by atoms with Crippen LogP contribution >= 0.6 is 11.6 Å². The smallest absolute Gasteiger partial charge is 0.127 e. The number of benzene rings is 1. The highest BCUT2D eigenvalue weighted by Gasteiger charge is 2.10. The largest absolute Gasteiger partial charge is 0.327 e. The van der Waals surface area contributed by atoms with Gasteiger partial charge in [0.15, 0.2) is 0 Å². The lowest BCUT2D eigenvalue weighted by Gasteiger charge is -2.14. The fourth-order valence-electron chi connectivity index (χ4n) is 1.66. The molecule has 1 unspecified atom stereocenters. The highest BCUT2D eigenvalue weighted by atomic mass is 35.5. The Bertz CT molecular complexity index is 325. The SMILES string of the molecule is CC(C)CC(N)Cc1ccc(Cl)cc1F. The van der Waals surface area contributed by atoms with Crippen molar-refractivity contribution in [3.63, 3.8) is 0 Å². The first-order valence-electron chi connectivity index (χ1n) is 5.18. The molecule has 1 aromatic rings. The molecule has 0 aromatic heterocycles. The number of hydrogen-bond donors (Lipinski definition) is 1. The molecule has 0 spiro atoms. The van der Waals surface area contributed by atoms with E-state index < -0.39 is 0 Å². The van der Waals surface area contributed by atoms with Crippen molar-refractivity contribution in [2.24, 2.45) is 11.7 Å². The van der Waals surface area contributed by atoms with Gasteiger partial charge in [-0.05, 0) is 36.5 Å². The minimum Gasteiger partial charge on any atom is -0.327 e. The van der Waals surface area contributed by atoms with Gasteiger partial charge in [0.2, 0.25) is 0 Å². The molecular formula is C12H17ClFN. The lowest BCUT2D eigenvalue weighted by Crippen LogP contribution is -2.25. The molecule has 1 atom stereocenters. The van der Waals surface area contributed by atoms with Gasteiger partial charge in [0.05, 0.1) is 0 Å². The number of halogens is 2. The van der Waals surface area contributed by atoms with Crippen LogP contribution in [0.3, 0.4) is 0 Å². The molecule has 15 heavy (non-hydrogen) atoms. The molecule has 3 heteroatoms. The van der Waals surface area contributed by atoms with Crippen molar-refractivity contribution in [3.05, 3.63) is 34.6 Å². The van der Waals surface area contributed by atoms with Crippen LogP contribution in [0.1, 0.15) is 25.8 Å². The van der Waals surface area contributed by atoms with Crippen LogP contribution in [0.15, 0.2) is 18.2 Å². The summed E-state index contributed by atoms with van der Waals surface area (Å²) < 4.78 is 13.4. The van der Waals surface area contributed by atoms with Crippen LogP contribution in [0.4, 0.5) is 4.39 Å². The maximum atomic E-state index is 13.4. The molecule has 0 saturated heterocycles. The van der Waals surface area contributed by atoms with Gasteiger partial charge in [0.25, 0.3) is 0 Å². The Morgan fingerprint density at radius 2 is 2.07 bits per heavy atom. The molecule has 1 aromatic carbocycles. The van der Waals surface area contributed by atoms with Crippen molar-refractivity contribution >= 4 is 11.6 Å². The molecule has 84 valence electrons. The number of nitrogens with two attached hydrogens (primary N) is 1. The van der Waals surface area contributed by atoms with Gasteiger partial charge in [-0.25, -0.2) is 4.39 Å². The van der Waals surface area contributed by atoms with Crippen molar-refractivity contribution in [3.8, 4) is 0 Å². The second-order valence-electron chi connectivity index (χ2n) is 4.33. The molecule has 0 aliphatic carbocycles. The fraction of sp³-hybridized carbons (Fsp3) is 0.500. The van der Waals surface area contributed by atoms with E-state index in [1.54, 1.807) is 12.1 Å². The quantitative estimate of drug-likeness (QED) is 0.842. The summed E-state index contributed by atoms with van der Waals surface area (Å²) >= 11 is 5.67. The van der Waals surface area contributed by atoms with Crippen LogP contribution in [-0.4, -0.2) is 6.04 Å². The minimum atomic E-state index is -0.262. The van der Waals surface area contributed by atoms with E-state index in [9.17, 15) is 4.39 Å². The van der Waals surface area contributed by atoms with E-state index in [4.69, 9.17) is 17.3 Å². The zero-order chi connectivity index (χ0) is 11.4. The van der Waals surface area contributed by atoms with E-state index in [-0.39, 0.29) is 11.9 Å². The van der Waals surface area contributed by atoms with Crippen LogP contribution in [0.25, 0.3) is 0 Å². The maximum Gasteiger partial charge on any atom is 0.127 e. The van der Waals surface area contributed by atoms with Crippen LogP contribution in [0.5, 0.6) is 0 Å². The van der Waals surface area contributed by atoms with Gasteiger partial charge in [0.1, 0.15) is 5.82 Å². The zero-order valence-electron chi connectivity index (χ0n) is 9.13. The van der Waals surface area contributed by atoms with Gasteiger partial charge >= 0.3 is 0 Å². The average Bonchev–Trinajstić information content (AvgIpc) is 2.08. The Kier molecular flexibility index (Phi) is 4.55. The predicted molar refractivity (Wildman–Crippen MR) is 62.5 cm³/mol. The van der Waals surface area contributed by atoms with Crippen molar-refractivity contribution in [2.45, 2.75) is 32.7 Å². The molecule has 0 fully saturated rings. The first-order chi connectivity index (χ1) is 6.99. The Balaban J connectivity index is 2.64. The second-order valence-corrected chi connectivity index (χ2v) is 4.77. The third kappa shape index (κ3) is 4.18. The lowest BCUT2D eigenvalue weighted by molar-refractivity contribution is 0.485. The van der Waals surface area contributed by atoms with Crippen LogP contribution in [-0.2, 0) is 6.42 Å². The first-order valence-corrected chi connectivity index (χ1v) is 5.56. The molecule has 1 rings (SSSR count). The Hall–Kier alpha value is -0.600. The molecule has 0 heterocycles. The highest BCUT2D eigenvalue weighted by Crippen LogP contribution is 2.17. The number of rotatable bonds is 4. The van der Waals surface area contributed by atoms with E-state index in [1.165, 1.54) is 6.07 Å².